The van der Waals surface area contributed by atoms with Crippen LogP contribution in [-0.4, -0.2) is 35.4 Å². The number of carbonyl (C=O) groups excluding carboxylic acids is 1. The van der Waals surface area contributed by atoms with Gasteiger partial charge in [0.15, 0.2) is 0 Å². The summed E-state index contributed by atoms with van der Waals surface area (Å²) in [4.78, 5) is 14.4. The highest BCUT2D eigenvalue weighted by Crippen LogP contribution is 2.13. The van der Waals surface area contributed by atoms with Gasteiger partial charge in [-0.05, 0) is 12.5 Å². The predicted molar refractivity (Wildman–Crippen MR) is 64.6 cm³/mol. The fraction of sp³-hybridized carbons (Fsp3) is 0.600. The molecule has 0 saturated heterocycles. The van der Waals surface area contributed by atoms with E-state index in [4.69, 9.17) is 10.3 Å². The molecule has 1 N–H and O–H groups in total. The quantitative estimate of drug-likeness (QED) is 0.256. The van der Waals surface area contributed by atoms with Gasteiger partial charge in [-0.25, -0.2) is 4.79 Å². The Hall–Kier alpha value is -2.05. The zero-order chi connectivity index (χ0) is 13.4. The van der Waals surface area contributed by atoms with Crippen molar-refractivity contribution in [2.24, 2.45) is 12.2 Å². The molecular formula is C10H16N6O2. The third-order valence-electron chi connectivity index (χ3n) is 2.20. The van der Waals surface area contributed by atoms with Crippen molar-refractivity contribution in [3.05, 3.63) is 28.4 Å². The number of aromatic nitrogens is 2. The molecule has 1 atom stereocenters. The van der Waals surface area contributed by atoms with E-state index in [9.17, 15) is 4.79 Å². The summed E-state index contributed by atoms with van der Waals surface area (Å²) < 4.78 is 6.59. The molecule has 1 aromatic heterocycles. The van der Waals surface area contributed by atoms with E-state index >= 15 is 0 Å². The fourth-order valence-electron chi connectivity index (χ4n) is 1.46. The molecule has 8 heteroatoms. The molecule has 0 aliphatic heterocycles. The minimum atomic E-state index is -0.590. The van der Waals surface area contributed by atoms with Gasteiger partial charge in [-0.15, -0.1) is 0 Å². The molecule has 0 radical (unpaired) electrons. The smallest absolute Gasteiger partial charge is 0.327 e. The van der Waals surface area contributed by atoms with Crippen molar-refractivity contribution in [3.8, 4) is 0 Å². The second kappa shape index (κ2) is 7.31. The fourth-order valence-corrected chi connectivity index (χ4v) is 1.46. The Kier molecular flexibility index (Phi) is 5.69. The van der Waals surface area contributed by atoms with Crippen molar-refractivity contribution >= 4 is 5.97 Å². The second-order valence-electron chi connectivity index (χ2n) is 3.54. The molecule has 1 heterocycles. The van der Waals surface area contributed by atoms with Crippen molar-refractivity contribution in [1.82, 2.24) is 15.1 Å². The van der Waals surface area contributed by atoms with E-state index in [0.717, 1.165) is 5.56 Å². The number of hydrogen-bond donors (Lipinski definition) is 1. The normalized spacial score (nSPS) is 11.7. The molecule has 1 rings (SSSR count). The Balaban J connectivity index is 2.68. The first kappa shape index (κ1) is 14.0. The van der Waals surface area contributed by atoms with Crippen molar-refractivity contribution < 1.29 is 9.53 Å². The zero-order valence-electron chi connectivity index (χ0n) is 10.4. The summed E-state index contributed by atoms with van der Waals surface area (Å²) >= 11 is 0. The first-order valence-corrected chi connectivity index (χ1v) is 5.58. The summed E-state index contributed by atoms with van der Waals surface area (Å²) in [6.45, 7) is 2.72. The topological polar surface area (TPSA) is 105 Å². The number of rotatable bonds is 7. The van der Waals surface area contributed by atoms with Crippen LogP contribution in [0.25, 0.3) is 10.4 Å². The molecule has 0 amide bonds. The van der Waals surface area contributed by atoms with Crippen LogP contribution in [0.4, 0.5) is 0 Å². The van der Waals surface area contributed by atoms with Crippen molar-refractivity contribution in [1.29, 1.82) is 0 Å². The standard InChI is InChI=1S/C10H16N6O2/c1-3-18-10(17)9(12-4-5-13-15-11)8-6-14-16(2)7-8/h6-7,9,12H,3-5H2,1-2H3. The summed E-state index contributed by atoms with van der Waals surface area (Å²) in [6, 6.07) is -0.590. The maximum absolute atomic E-state index is 11.8. The zero-order valence-corrected chi connectivity index (χ0v) is 10.4. The van der Waals surface area contributed by atoms with Crippen LogP contribution < -0.4 is 5.32 Å². The summed E-state index contributed by atoms with van der Waals surface area (Å²) in [5, 5.41) is 10.4. The number of aryl methyl sites for hydroxylation is 1. The summed E-state index contributed by atoms with van der Waals surface area (Å²) in [6.07, 6.45) is 3.34. The van der Waals surface area contributed by atoms with Crippen molar-refractivity contribution in [3.63, 3.8) is 0 Å². The lowest BCUT2D eigenvalue weighted by molar-refractivity contribution is -0.145. The SMILES string of the molecule is CCOC(=O)C(NCCN=[N+]=[N-])c1cnn(C)c1. The van der Waals surface area contributed by atoms with Crippen LogP contribution in [0.3, 0.4) is 0 Å². The highest BCUT2D eigenvalue weighted by atomic mass is 16.5. The van der Waals surface area contributed by atoms with Crippen LogP contribution in [0.1, 0.15) is 18.5 Å². The van der Waals surface area contributed by atoms with E-state index < -0.39 is 6.04 Å². The van der Waals surface area contributed by atoms with Crippen LogP contribution in [0, 0.1) is 0 Å². The predicted octanol–water partition coefficient (Wildman–Crippen LogP) is 0.924. The summed E-state index contributed by atoms with van der Waals surface area (Å²) in [5.41, 5.74) is 8.89. The lowest BCUT2D eigenvalue weighted by Crippen LogP contribution is -2.31. The third-order valence-corrected chi connectivity index (χ3v) is 2.20. The Labute approximate surface area is 105 Å². The van der Waals surface area contributed by atoms with Gasteiger partial charge in [0.1, 0.15) is 6.04 Å². The van der Waals surface area contributed by atoms with Gasteiger partial charge >= 0.3 is 5.97 Å². The molecule has 8 nitrogen and oxygen atoms in total. The number of nitrogens with one attached hydrogen (secondary N) is 1. The van der Waals surface area contributed by atoms with Gasteiger partial charge in [-0.3, -0.25) is 4.68 Å². The highest BCUT2D eigenvalue weighted by molar-refractivity contribution is 5.77. The van der Waals surface area contributed by atoms with Crippen LogP contribution >= 0.6 is 0 Å². The molecule has 0 aliphatic carbocycles. The van der Waals surface area contributed by atoms with Gasteiger partial charge in [0.2, 0.25) is 0 Å². The summed E-state index contributed by atoms with van der Waals surface area (Å²) in [7, 11) is 1.77. The summed E-state index contributed by atoms with van der Waals surface area (Å²) in [5.74, 6) is -0.369. The number of nitrogens with zero attached hydrogens (tertiary/aromatic N) is 5. The molecule has 1 aromatic rings. The molecular weight excluding hydrogens is 236 g/mol. The van der Waals surface area contributed by atoms with Gasteiger partial charge in [0, 0.05) is 36.8 Å². The second-order valence-corrected chi connectivity index (χ2v) is 3.54. The number of ether oxygens (including phenoxy) is 1. The maximum Gasteiger partial charge on any atom is 0.327 e. The average molecular weight is 252 g/mol. The maximum atomic E-state index is 11.8. The third kappa shape index (κ3) is 4.08. The van der Waals surface area contributed by atoms with Gasteiger partial charge in [0.25, 0.3) is 0 Å². The van der Waals surface area contributed by atoms with E-state index in [1.165, 1.54) is 0 Å². The van der Waals surface area contributed by atoms with Crippen LogP contribution in [0.15, 0.2) is 17.5 Å². The van der Waals surface area contributed by atoms with E-state index in [2.05, 4.69) is 20.4 Å². The van der Waals surface area contributed by atoms with E-state index in [1.807, 2.05) is 0 Å². The number of carbonyl (C=O) groups is 1. The molecule has 0 bridgehead atoms. The van der Waals surface area contributed by atoms with Gasteiger partial charge in [0.05, 0.1) is 12.8 Å². The average Bonchev–Trinajstić information content (AvgIpc) is 2.76. The lowest BCUT2D eigenvalue weighted by Gasteiger charge is -2.15. The molecule has 98 valence electrons. The van der Waals surface area contributed by atoms with Crippen LogP contribution in [0.5, 0.6) is 0 Å². The monoisotopic (exact) mass is 252 g/mol. The number of azide groups is 1. The molecule has 0 aliphatic rings. The largest absolute Gasteiger partial charge is 0.465 e. The Morgan fingerprint density at radius 3 is 3.11 bits per heavy atom. The molecule has 0 fully saturated rings. The van der Waals surface area contributed by atoms with Gasteiger partial charge < -0.3 is 10.1 Å². The van der Waals surface area contributed by atoms with E-state index in [1.54, 1.807) is 31.0 Å². The van der Waals surface area contributed by atoms with Crippen LogP contribution in [-0.2, 0) is 16.6 Å². The minimum absolute atomic E-state index is 0.271. The number of esters is 1. The molecule has 0 spiro atoms. The molecule has 0 aromatic carbocycles. The van der Waals surface area contributed by atoms with Crippen molar-refractivity contribution in [2.75, 3.05) is 19.7 Å². The minimum Gasteiger partial charge on any atom is -0.465 e. The molecule has 1 unspecified atom stereocenters. The van der Waals surface area contributed by atoms with Crippen molar-refractivity contribution in [2.45, 2.75) is 13.0 Å². The lowest BCUT2D eigenvalue weighted by atomic mass is 10.1. The van der Waals surface area contributed by atoms with Crippen LogP contribution in [0.2, 0.25) is 0 Å². The Morgan fingerprint density at radius 2 is 2.56 bits per heavy atom. The molecule has 18 heavy (non-hydrogen) atoms. The highest BCUT2D eigenvalue weighted by Gasteiger charge is 2.22. The number of hydrogen-bond acceptors (Lipinski definition) is 5. The molecule has 0 saturated carbocycles. The van der Waals surface area contributed by atoms with E-state index in [-0.39, 0.29) is 12.5 Å². The Morgan fingerprint density at radius 1 is 1.78 bits per heavy atom. The van der Waals surface area contributed by atoms with E-state index in [0.29, 0.717) is 13.2 Å². The first-order chi connectivity index (χ1) is 8.69. The Bertz CT molecular complexity index is 437. The first-order valence-electron chi connectivity index (χ1n) is 5.58. The van der Waals surface area contributed by atoms with Gasteiger partial charge in [-0.1, -0.05) is 5.11 Å². The van der Waals surface area contributed by atoms with Gasteiger partial charge in [-0.2, -0.15) is 5.10 Å².